The van der Waals surface area contributed by atoms with Crippen LogP contribution in [0, 0.1) is 23.2 Å². The number of allylic oxidation sites excluding steroid dienone is 1. The van der Waals surface area contributed by atoms with Gasteiger partial charge in [-0.05, 0) is 89.7 Å². The van der Waals surface area contributed by atoms with Crippen molar-refractivity contribution in [1.82, 2.24) is 15.3 Å². The molecule has 2 N–H and O–H groups in total. The second-order valence-corrected chi connectivity index (χ2v) is 15.3. The van der Waals surface area contributed by atoms with Crippen LogP contribution in [0.5, 0.6) is 0 Å². The first-order valence-electron chi connectivity index (χ1n) is 17.1. The molecule has 2 aromatic heterocycles. The molecule has 3 aliphatic carbocycles. The van der Waals surface area contributed by atoms with E-state index in [9.17, 15) is 15.0 Å². The number of ether oxygens (including phenoxy) is 2. The van der Waals surface area contributed by atoms with Crippen molar-refractivity contribution in [3.05, 3.63) is 87.1 Å². The average Bonchev–Trinajstić information content (AvgIpc) is 3.79. The third-order valence-corrected chi connectivity index (χ3v) is 11.7. The van der Waals surface area contributed by atoms with Gasteiger partial charge in [0.05, 0.1) is 19.3 Å². The molecule has 50 heavy (non-hydrogen) atoms. The summed E-state index contributed by atoms with van der Waals surface area (Å²) in [6, 6.07) is 14.1. The monoisotopic (exact) mass is 717 g/mol. The first-order valence-corrected chi connectivity index (χ1v) is 17.9. The third kappa shape index (κ3) is 6.17. The van der Waals surface area contributed by atoms with Gasteiger partial charge in [0, 0.05) is 39.6 Å². The van der Waals surface area contributed by atoms with E-state index in [0.717, 1.165) is 30.4 Å². The Morgan fingerprint density at radius 2 is 1.70 bits per heavy atom. The number of methoxy groups -OCH3 is 1. The van der Waals surface area contributed by atoms with Gasteiger partial charge in [0.1, 0.15) is 16.8 Å². The Morgan fingerprint density at radius 3 is 2.38 bits per heavy atom. The number of hydrogen-bond donors (Lipinski definition) is 2. The lowest BCUT2D eigenvalue weighted by atomic mass is 9.69. The molecule has 7 rings (SSSR count). The van der Waals surface area contributed by atoms with Gasteiger partial charge in [-0.1, -0.05) is 85.5 Å². The van der Waals surface area contributed by atoms with Crippen LogP contribution < -0.4 is 0 Å². The number of carbonyl (C=O) groups excluding carboxylic acids is 1. The molecular formula is C39H41Cl2N3O6. The maximum Gasteiger partial charge on any atom is 0.357 e. The quantitative estimate of drug-likeness (QED) is 0.137. The summed E-state index contributed by atoms with van der Waals surface area (Å²) in [5.41, 5.74) is 4.99. The number of carbonyl (C=O) groups is 1. The van der Waals surface area contributed by atoms with Crippen molar-refractivity contribution >= 4 is 40.2 Å². The molecule has 3 aliphatic rings. The highest BCUT2D eigenvalue weighted by atomic mass is 35.5. The Bertz CT molecular complexity index is 1990. The predicted octanol–water partition coefficient (Wildman–Crippen LogP) is 8.26. The maximum absolute atomic E-state index is 14.1. The molecule has 0 radical (unpaired) electrons. The number of hydrogen-bond acceptors (Lipinski definition) is 9. The van der Waals surface area contributed by atoms with E-state index in [-0.39, 0.29) is 42.1 Å². The molecule has 1 fully saturated rings. The molecular weight excluding hydrogens is 677 g/mol. The second-order valence-electron chi connectivity index (χ2n) is 14.4. The number of benzene rings is 2. The van der Waals surface area contributed by atoms with Gasteiger partial charge >= 0.3 is 5.97 Å². The number of nitrogens with zero attached hydrogens (tertiary/aromatic N) is 3. The molecule has 6 atom stereocenters. The number of rotatable bonds is 8. The summed E-state index contributed by atoms with van der Waals surface area (Å²) in [5.74, 6) is -0.656. The summed E-state index contributed by atoms with van der Waals surface area (Å²) in [5, 5.41) is 32.6. The Labute approximate surface area is 301 Å². The number of aliphatic hydroxyl groups is 2. The first-order chi connectivity index (χ1) is 23.9. The highest BCUT2D eigenvalue weighted by Gasteiger charge is 2.50. The molecule has 0 aliphatic heterocycles. The molecule has 2 heterocycles. The van der Waals surface area contributed by atoms with Crippen LogP contribution in [0.3, 0.4) is 0 Å². The van der Waals surface area contributed by atoms with Crippen LogP contribution in [-0.2, 0) is 9.47 Å². The Balaban J connectivity index is 1.23. The zero-order valence-electron chi connectivity index (χ0n) is 28.6. The largest absolute Gasteiger partial charge is 0.460 e. The summed E-state index contributed by atoms with van der Waals surface area (Å²) in [4.78, 5) is 18.9. The Morgan fingerprint density at radius 1 is 1.04 bits per heavy atom. The minimum atomic E-state index is -1.04. The standard InChI is InChI=1S/C39H41Cl2N3O6/c1-21(27-13-15-38(3)18-30-28(14-16-39(30,47)20-48-4)22(2)31(45)17-29(27)38)19-49-37(46)35-32(23-5-9-25(40)10-6-23)34-36(44-50-43-34)33(42-35)24-7-11-26(41)12-8-24/h5-12,18,21-22,28,31,45,47H,13-17,19-20H2,1-4H3/b30-18+/t21?,22?,28?,31-,38?,39-/m0/s1. The van der Waals surface area contributed by atoms with Crippen molar-refractivity contribution in [1.29, 1.82) is 0 Å². The highest BCUT2D eigenvalue weighted by molar-refractivity contribution is 6.31. The van der Waals surface area contributed by atoms with Gasteiger partial charge in [0.25, 0.3) is 0 Å². The van der Waals surface area contributed by atoms with Crippen molar-refractivity contribution in [2.75, 3.05) is 20.3 Å². The molecule has 0 amide bonds. The van der Waals surface area contributed by atoms with Crippen LogP contribution in [0.25, 0.3) is 33.4 Å². The Hall–Kier alpha value is -3.60. The fourth-order valence-corrected chi connectivity index (χ4v) is 8.67. The molecule has 0 saturated heterocycles. The van der Waals surface area contributed by atoms with Crippen LogP contribution in [0.1, 0.15) is 63.4 Å². The number of halogens is 2. The summed E-state index contributed by atoms with van der Waals surface area (Å²) in [7, 11) is 1.61. The van der Waals surface area contributed by atoms with Gasteiger partial charge in [0.15, 0.2) is 11.2 Å². The van der Waals surface area contributed by atoms with Crippen molar-refractivity contribution in [2.24, 2.45) is 23.2 Å². The van der Waals surface area contributed by atoms with E-state index < -0.39 is 17.7 Å². The number of aromatic nitrogens is 3. The van der Waals surface area contributed by atoms with Crippen molar-refractivity contribution in [2.45, 2.75) is 64.6 Å². The second kappa shape index (κ2) is 13.5. The van der Waals surface area contributed by atoms with E-state index in [2.05, 4.69) is 37.2 Å². The Kier molecular flexibility index (Phi) is 9.41. The zero-order chi connectivity index (χ0) is 35.4. The van der Waals surface area contributed by atoms with Gasteiger partial charge in [-0.3, -0.25) is 0 Å². The van der Waals surface area contributed by atoms with Crippen molar-refractivity contribution < 1.29 is 29.1 Å². The predicted molar refractivity (Wildman–Crippen MR) is 192 cm³/mol. The van der Waals surface area contributed by atoms with E-state index in [1.807, 2.05) is 0 Å². The van der Waals surface area contributed by atoms with E-state index in [4.69, 9.17) is 42.3 Å². The summed E-state index contributed by atoms with van der Waals surface area (Å²) in [6.07, 6.45) is 5.33. The summed E-state index contributed by atoms with van der Waals surface area (Å²) >= 11 is 12.4. The normalized spacial score (nSPS) is 28.1. The van der Waals surface area contributed by atoms with E-state index in [1.165, 1.54) is 5.57 Å². The molecule has 0 spiro atoms. The van der Waals surface area contributed by atoms with Gasteiger partial charge in [-0.15, -0.1) is 0 Å². The van der Waals surface area contributed by atoms with Gasteiger partial charge in [-0.2, -0.15) is 0 Å². The summed E-state index contributed by atoms with van der Waals surface area (Å²) in [6.45, 7) is 6.68. The van der Waals surface area contributed by atoms with Crippen molar-refractivity contribution in [3.8, 4) is 22.4 Å². The fourth-order valence-electron chi connectivity index (χ4n) is 8.41. The average molecular weight is 719 g/mol. The molecule has 9 nitrogen and oxygen atoms in total. The van der Waals surface area contributed by atoms with Gasteiger partial charge in [0.2, 0.25) is 0 Å². The minimum Gasteiger partial charge on any atom is -0.460 e. The lowest BCUT2D eigenvalue weighted by Gasteiger charge is -2.38. The minimum absolute atomic E-state index is 0.0210. The van der Waals surface area contributed by atoms with E-state index in [0.29, 0.717) is 56.3 Å². The molecule has 0 bridgehead atoms. The molecule has 262 valence electrons. The van der Waals surface area contributed by atoms with Crippen LogP contribution in [-0.4, -0.2) is 63.5 Å². The lowest BCUT2D eigenvalue weighted by Crippen LogP contribution is -2.38. The number of esters is 1. The zero-order valence-corrected chi connectivity index (χ0v) is 30.1. The van der Waals surface area contributed by atoms with Crippen LogP contribution in [0.4, 0.5) is 0 Å². The topological polar surface area (TPSA) is 128 Å². The fraction of sp³-hybridized carbons (Fsp3) is 0.436. The molecule has 4 aromatic rings. The van der Waals surface area contributed by atoms with Gasteiger partial charge < -0.3 is 19.7 Å². The first kappa shape index (κ1) is 34.8. The van der Waals surface area contributed by atoms with Crippen LogP contribution in [0.2, 0.25) is 10.0 Å². The van der Waals surface area contributed by atoms with Crippen molar-refractivity contribution in [3.63, 3.8) is 0 Å². The van der Waals surface area contributed by atoms with Crippen LogP contribution >= 0.6 is 23.2 Å². The summed E-state index contributed by atoms with van der Waals surface area (Å²) < 4.78 is 16.7. The van der Waals surface area contributed by atoms with E-state index >= 15 is 0 Å². The molecule has 2 aromatic carbocycles. The molecule has 4 unspecified atom stereocenters. The third-order valence-electron chi connectivity index (χ3n) is 11.2. The number of aliphatic hydroxyl groups excluding tert-OH is 1. The molecule has 11 heteroatoms. The smallest absolute Gasteiger partial charge is 0.357 e. The van der Waals surface area contributed by atoms with Gasteiger partial charge in [-0.25, -0.2) is 14.4 Å². The lowest BCUT2D eigenvalue weighted by molar-refractivity contribution is -0.00115. The highest BCUT2D eigenvalue weighted by Crippen LogP contribution is 2.55. The number of fused-ring (bicyclic) bond motifs is 3. The number of pyridine rings is 1. The van der Waals surface area contributed by atoms with E-state index in [1.54, 1.807) is 55.6 Å². The maximum atomic E-state index is 14.1. The van der Waals surface area contributed by atoms with Crippen LogP contribution in [0.15, 0.2) is 76.0 Å². The molecule has 1 saturated carbocycles. The SMILES string of the molecule is COC[C@@]1(O)CCC2/C1=C\C1(C)CCC(C(C)COC(=O)c3nc(-c4ccc(Cl)cc4)c4nonc4c3-c3ccc(Cl)cc3)=C1C[C@H](O)C2C.